The SMILES string of the molecule is Nc1cnc(C(F)(F)F)cc1NC1CCCOC1. The zero-order valence-electron chi connectivity index (χ0n) is 9.63. The Morgan fingerprint density at radius 2 is 2.22 bits per heavy atom. The van der Waals surface area contributed by atoms with Crippen LogP contribution in [0, 0.1) is 0 Å². The summed E-state index contributed by atoms with van der Waals surface area (Å²) in [5.74, 6) is 0. The number of hydrogen-bond donors (Lipinski definition) is 2. The lowest BCUT2D eigenvalue weighted by molar-refractivity contribution is -0.141. The summed E-state index contributed by atoms with van der Waals surface area (Å²) < 4.78 is 42.8. The molecule has 1 aliphatic rings. The predicted molar refractivity (Wildman–Crippen MR) is 61.1 cm³/mol. The average molecular weight is 261 g/mol. The minimum absolute atomic E-state index is 0.00969. The molecule has 1 atom stereocenters. The summed E-state index contributed by atoms with van der Waals surface area (Å²) in [6.07, 6.45) is -1.71. The lowest BCUT2D eigenvalue weighted by atomic mass is 10.1. The van der Waals surface area contributed by atoms with Crippen molar-refractivity contribution in [3.63, 3.8) is 0 Å². The molecule has 2 rings (SSSR count). The number of hydrogen-bond acceptors (Lipinski definition) is 4. The number of nitrogens with two attached hydrogens (primary N) is 1. The molecule has 4 nitrogen and oxygen atoms in total. The molecule has 0 spiro atoms. The molecule has 0 saturated carbocycles. The number of nitrogens with zero attached hydrogens (tertiary/aromatic N) is 1. The van der Waals surface area contributed by atoms with Gasteiger partial charge in [0.15, 0.2) is 0 Å². The Morgan fingerprint density at radius 3 is 2.83 bits per heavy atom. The first-order chi connectivity index (χ1) is 8.47. The number of ether oxygens (including phenoxy) is 1. The molecule has 1 saturated heterocycles. The number of nitrogen functional groups attached to an aromatic ring is 1. The maximum Gasteiger partial charge on any atom is 0.433 e. The highest BCUT2D eigenvalue weighted by Gasteiger charge is 2.33. The maximum atomic E-state index is 12.5. The van der Waals surface area contributed by atoms with Crippen LogP contribution < -0.4 is 11.1 Å². The zero-order chi connectivity index (χ0) is 13.2. The van der Waals surface area contributed by atoms with E-state index in [1.165, 1.54) is 0 Å². The third-order valence-electron chi connectivity index (χ3n) is 2.75. The number of rotatable bonds is 2. The van der Waals surface area contributed by atoms with E-state index in [-0.39, 0.29) is 17.4 Å². The van der Waals surface area contributed by atoms with Crippen molar-refractivity contribution in [3.05, 3.63) is 18.0 Å². The van der Waals surface area contributed by atoms with Crippen molar-refractivity contribution < 1.29 is 17.9 Å². The van der Waals surface area contributed by atoms with Crippen molar-refractivity contribution in [1.82, 2.24) is 4.98 Å². The molecule has 1 aromatic heterocycles. The second-order valence-electron chi connectivity index (χ2n) is 4.21. The minimum Gasteiger partial charge on any atom is -0.396 e. The Balaban J connectivity index is 2.15. The van der Waals surface area contributed by atoms with Crippen LogP contribution in [-0.4, -0.2) is 24.2 Å². The van der Waals surface area contributed by atoms with E-state index in [0.29, 0.717) is 13.2 Å². The van der Waals surface area contributed by atoms with E-state index in [4.69, 9.17) is 10.5 Å². The molecule has 100 valence electrons. The minimum atomic E-state index is -4.47. The number of pyridine rings is 1. The van der Waals surface area contributed by atoms with Gasteiger partial charge in [0.2, 0.25) is 0 Å². The Labute approximate surface area is 102 Å². The van der Waals surface area contributed by atoms with E-state index in [9.17, 15) is 13.2 Å². The van der Waals surface area contributed by atoms with E-state index in [0.717, 1.165) is 25.1 Å². The fourth-order valence-electron chi connectivity index (χ4n) is 1.82. The summed E-state index contributed by atoms with van der Waals surface area (Å²) in [6.45, 7) is 1.17. The highest BCUT2D eigenvalue weighted by molar-refractivity contribution is 5.65. The molecule has 1 aromatic rings. The normalized spacial score (nSPS) is 20.7. The molecule has 1 unspecified atom stereocenters. The second kappa shape index (κ2) is 5.01. The molecule has 2 heterocycles. The first-order valence-corrected chi connectivity index (χ1v) is 5.64. The van der Waals surface area contributed by atoms with Crippen molar-refractivity contribution >= 4 is 11.4 Å². The van der Waals surface area contributed by atoms with Crippen molar-refractivity contribution in [1.29, 1.82) is 0 Å². The van der Waals surface area contributed by atoms with Crippen LogP contribution >= 0.6 is 0 Å². The molecule has 0 radical (unpaired) electrons. The van der Waals surface area contributed by atoms with Gasteiger partial charge in [-0.05, 0) is 18.9 Å². The first kappa shape index (κ1) is 12.9. The van der Waals surface area contributed by atoms with Crippen molar-refractivity contribution in [2.45, 2.75) is 25.1 Å². The summed E-state index contributed by atoms with van der Waals surface area (Å²) in [6, 6.07) is 0.925. The molecule has 18 heavy (non-hydrogen) atoms. The van der Waals surface area contributed by atoms with Gasteiger partial charge in [0.05, 0.1) is 24.2 Å². The summed E-state index contributed by atoms with van der Waals surface area (Å²) in [4.78, 5) is 3.28. The first-order valence-electron chi connectivity index (χ1n) is 5.64. The molecule has 0 aromatic carbocycles. The van der Waals surface area contributed by atoms with E-state index >= 15 is 0 Å². The summed E-state index contributed by atoms with van der Waals surface area (Å²) in [7, 11) is 0. The Kier molecular flexibility index (Phi) is 3.60. The van der Waals surface area contributed by atoms with Gasteiger partial charge >= 0.3 is 6.18 Å². The molecule has 1 aliphatic heterocycles. The lowest BCUT2D eigenvalue weighted by Crippen LogP contribution is -2.30. The molecule has 0 aliphatic carbocycles. The van der Waals surface area contributed by atoms with Crippen LogP contribution in [0.3, 0.4) is 0 Å². The Bertz CT molecular complexity index is 416. The van der Waals surface area contributed by atoms with Crippen molar-refractivity contribution in [3.8, 4) is 0 Å². The number of halogens is 3. The van der Waals surface area contributed by atoms with Gasteiger partial charge in [0.25, 0.3) is 0 Å². The highest BCUT2D eigenvalue weighted by Crippen LogP contribution is 2.31. The fraction of sp³-hybridized carbons (Fsp3) is 0.545. The number of alkyl halides is 3. The zero-order valence-corrected chi connectivity index (χ0v) is 9.63. The third-order valence-corrected chi connectivity index (χ3v) is 2.75. The summed E-state index contributed by atoms with van der Waals surface area (Å²) in [5, 5.41) is 2.97. The second-order valence-corrected chi connectivity index (χ2v) is 4.21. The molecule has 0 bridgehead atoms. The number of aromatic nitrogens is 1. The van der Waals surface area contributed by atoms with E-state index < -0.39 is 11.9 Å². The van der Waals surface area contributed by atoms with Crippen LogP contribution in [0.25, 0.3) is 0 Å². The van der Waals surface area contributed by atoms with Crippen LogP contribution in [0.5, 0.6) is 0 Å². The highest BCUT2D eigenvalue weighted by atomic mass is 19.4. The monoisotopic (exact) mass is 261 g/mol. The van der Waals surface area contributed by atoms with Crippen LogP contribution in [0.4, 0.5) is 24.5 Å². The molecule has 0 amide bonds. The van der Waals surface area contributed by atoms with Gasteiger partial charge in [-0.25, -0.2) is 4.98 Å². The van der Waals surface area contributed by atoms with Crippen LogP contribution in [-0.2, 0) is 10.9 Å². The summed E-state index contributed by atoms with van der Waals surface area (Å²) in [5.41, 5.74) is 5.13. The van der Waals surface area contributed by atoms with E-state index in [2.05, 4.69) is 10.3 Å². The van der Waals surface area contributed by atoms with Gasteiger partial charge in [-0.3, -0.25) is 0 Å². The summed E-state index contributed by atoms with van der Waals surface area (Å²) >= 11 is 0. The van der Waals surface area contributed by atoms with Crippen molar-refractivity contribution in [2.75, 3.05) is 24.3 Å². The van der Waals surface area contributed by atoms with E-state index in [1.54, 1.807) is 0 Å². The molecule has 7 heteroatoms. The quantitative estimate of drug-likeness (QED) is 0.857. The van der Waals surface area contributed by atoms with E-state index in [1.807, 2.05) is 0 Å². The lowest BCUT2D eigenvalue weighted by Gasteiger charge is -2.25. The Morgan fingerprint density at radius 1 is 1.44 bits per heavy atom. The number of anilines is 2. The Hall–Kier alpha value is -1.50. The van der Waals surface area contributed by atoms with Gasteiger partial charge in [-0.2, -0.15) is 13.2 Å². The number of nitrogens with one attached hydrogen (secondary N) is 1. The smallest absolute Gasteiger partial charge is 0.396 e. The molecule has 3 N–H and O–H groups in total. The average Bonchev–Trinajstić information content (AvgIpc) is 2.32. The molecule has 1 fully saturated rings. The van der Waals surface area contributed by atoms with Crippen LogP contribution in [0.2, 0.25) is 0 Å². The van der Waals surface area contributed by atoms with Crippen molar-refractivity contribution in [2.24, 2.45) is 0 Å². The topological polar surface area (TPSA) is 60.2 Å². The van der Waals surface area contributed by atoms with Gasteiger partial charge in [0, 0.05) is 12.6 Å². The standard InChI is InChI=1S/C11H14F3N3O/c12-11(13,14)10-4-9(8(15)5-16-10)17-7-2-1-3-18-6-7/h4-5,7H,1-3,6,15H2,(H,16,17). The maximum absolute atomic E-state index is 12.5. The van der Waals surface area contributed by atoms with Gasteiger partial charge < -0.3 is 15.8 Å². The van der Waals surface area contributed by atoms with Crippen LogP contribution in [0.1, 0.15) is 18.5 Å². The van der Waals surface area contributed by atoms with Gasteiger partial charge in [-0.15, -0.1) is 0 Å². The van der Waals surface area contributed by atoms with Gasteiger partial charge in [-0.1, -0.05) is 0 Å². The molecular weight excluding hydrogens is 247 g/mol. The molecular formula is C11H14F3N3O. The van der Waals surface area contributed by atoms with Gasteiger partial charge in [0.1, 0.15) is 5.69 Å². The van der Waals surface area contributed by atoms with Crippen LogP contribution in [0.15, 0.2) is 12.3 Å². The third kappa shape index (κ3) is 3.04. The fourth-order valence-corrected chi connectivity index (χ4v) is 1.82. The largest absolute Gasteiger partial charge is 0.433 e. The predicted octanol–water partition coefficient (Wildman–Crippen LogP) is 2.27.